The Hall–Kier alpha value is -1.78. The number of hydrazone groups is 1. The number of carbonyl (C=O) groups excluding carboxylic acids is 1. The minimum absolute atomic E-state index is 0.0203. The lowest BCUT2D eigenvalue weighted by molar-refractivity contribution is -0.123. The Morgan fingerprint density at radius 3 is 2.85 bits per heavy atom. The summed E-state index contributed by atoms with van der Waals surface area (Å²) in [6, 6.07) is 8.95. The number of halogens is 2. The van der Waals surface area contributed by atoms with E-state index in [0.717, 1.165) is 18.4 Å². The molecule has 0 saturated heterocycles. The highest BCUT2D eigenvalue weighted by atomic mass is 35.5. The largest absolute Gasteiger partial charge is 0.455 e. The Bertz CT molecular complexity index is 876. The van der Waals surface area contributed by atoms with Gasteiger partial charge in [-0.3, -0.25) is 4.79 Å². The molecule has 3 atom stereocenters. The van der Waals surface area contributed by atoms with Crippen LogP contribution in [0.5, 0.6) is 0 Å². The molecule has 1 amide bonds. The van der Waals surface area contributed by atoms with E-state index in [1.807, 2.05) is 12.1 Å². The standard InChI is InChI=1S/C20H20Cl2N2O2/c1-20-9-3-2-4-14(20)18(20)19(25)24-23-11-13-6-8-17(26-13)12-5-7-15(21)16(22)10-12/h5-8,10-11,14,18H,2-4,9H2,1H3,(H,24,25)/b23-11+. The van der Waals surface area contributed by atoms with Gasteiger partial charge in [-0.2, -0.15) is 5.10 Å². The van der Waals surface area contributed by atoms with Crippen molar-refractivity contribution in [3.8, 4) is 11.3 Å². The maximum Gasteiger partial charge on any atom is 0.244 e. The van der Waals surface area contributed by atoms with Gasteiger partial charge in [0, 0.05) is 11.5 Å². The summed E-state index contributed by atoms with van der Waals surface area (Å²) in [5.74, 6) is 1.87. The van der Waals surface area contributed by atoms with Crippen molar-refractivity contribution in [3.63, 3.8) is 0 Å². The second-order valence-corrected chi connectivity index (χ2v) is 8.22. The van der Waals surface area contributed by atoms with Gasteiger partial charge in [-0.15, -0.1) is 0 Å². The Morgan fingerprint density at radius 2 is 2.12 bits per heavy atom. The topological polar surface area (TPSA) is 54.6 Å². The summed E-state index contributed by atoms with van der Waals surface area (Å²) >= 11 is 12.0. The van der Waals surface area contributed by atoms with Gasteiger partial charge in [-0.05, 0) is 54.5 Å². The van der Waals surface area contributed by atoms with Crippen molar-refractivity contribution >= 4 is 35.3 Å². The molecule has 0 bridgehead atoms. The van der Waals surface area contributed by atoms with E-state index in [9.17, 15) is 4.79 Å². The van der Waals surface area contributed by atoms with Crippen molar-refractivity contribution in [2.75, 3.05) is 0 Å². The monoisotopic (exact) mass is 390 g/mol. The first-order valence-electron chi connectivity index (χ1n) is 8.87. The summed E-state index contributed by atoms with van der Waals surface area (Å²) < 4.78 is 5.73. The molecule has 1 aromatic heterocycles. The van der Waals surface area contributed by atoms with Crippen LogP contribution in [-0.4, -0.2) is 12.1 Å². The van der Waals surface area contributed by atoms with E-state index in [0.29, 0.717) is 27.5 Å². The van der Waals surface area contributed by atoms with Crippen LogP contribution < -0.4 is 5.43 Å². The molecule has 0 radical (unpaired) electrons. The number of furan rings is 1. The van der Waals surface area contributed by atoms with Gasteiger partial charge in [-0.1, -0.05) is 43.0 Å². The lowest BCUT2D eigenvalue weighted by Crippen LogP contribution is -2.22. The molecule has 0 aliphatic heterocycles. The number of carbonyl (C=O) groups is 1. The van der Waals surface area contributed by atoms with Crippen LogP contribution in [-0.2, 0) is 4.79 Å². The predicted molar refractivity (Wildman–Crippen MR) is 103 cm³/mol. The van der Waals surface area contributed by atoms with Gasteiger partial charge >= 0.3 is 0 Å². The second-order valence-electron chi connectivity index (χ2n) is 7.40. The van der Waals surface area contributed by atoms with Gasteiger partial charge in [0.05, 0.1) is 16.3 Å². The van der Waals surface area contributed by atoms with Crippen LogP contribution in [0.25, 0.3) is 11.3 Å². The molecule has 136 valence electrons. The van der Waals surface area contributed by atoms with E-state index in [1.54, 1.807) is 18.2 Å². The van der Waals surface area contributed by atoms with Crippen LogP contribution in [0.3, 0.4) is 0 Å². The summed E-state index contributed by atoms with van der Waals surface area (Å²) in [6.07, 6.45) is 6.28. The van der Waals surface area contributed by atoms with E-state index >= 15 is 0 Å². The zero-order valence-corrected chi connectivity index (χ0v) is 16.0. The van der Waals surface area contributed by atoms with Crippen molar-refractivity contribution in [1.82, 2.24) is 5.43 Å². The molecule has 2 aromatic rings. The van der Waals surface area contributed by atoms with Crippen molar-refractivity contribution in [3.05, 3.63) is 46.1 Å². The first kappa shape index (κ1) is 17.6. The van der Waals surface area contributed by atoms with Crippen molar-refractivity contribution in [1.29, 1.82) is 0 Å². The Labute approximate surface area is 162 Å². The number of hydrogen-bond acceptors (Lipinski definition) is 3. The van der Waals surface area contributed by atoms with E-state index in [-0.39, 0.29) is 17.2 Å². The van der Waals surface area contributed by atoms with E-state index in [4.69, 9.17) is 27.6 Å². The Morgan fingerprint density at radius 1 is 1.27 bits per heavy atom. The molecular formula is C20H20Cl2N2O2. The Kier molecular flexibility index (Phi) is 4.57. The van der Waals surface area contributed by atoms with Crippen LogP contribution in [0.4, 0.5) is 0 Å². The van der Waals surface area contributed by atoms with Crippen LogP contribution in [0.15, 0.2) is 39.9 Å². The van der Waals surface area contributed by atoms with Crippen molar-refractivity contribution < 1.29 is 9.21 Å². The molecule has 2 saturated carbocycles. The van der Waals surface area contributed by atoms with Crippen molar-refractivity contribution in [2.45, 2.75) is 32.6 Å². The molecule has 1 heterocycles. The van der Waals surface area contributed by atoms with E-state index in [2.05, 4.69) is 17.5 Å². The van der Waals surface area contributed by atoms with Gasteiger partial charge in [0.25, 0.3) is 0 Å². The number of rotatable bonds is 4. The van der Waals surface area contributed by atoms with Gasteiger partial charge in [0.1, 0.15) is 11.5 Å². The zero-order chi connectivity index (χ0) is 18.3. The third-order valence-corrected chi connectivity index (χ3v) is 6.55. The lowest BCUT2D eigenvalue weighted by Gasteiger charge is -2.15. The van der Waals surface area contributed by atoms with Crippen LogP contribution in [0.2, 0.25) is 10.0 Å². The number of nitrogens with zero attached hydrogens (tertiary/aromatic N) is 1. The number of benzene rings is 1. The molecule has 2 aliphatic rings. The summed E-state index contributed by atoms with van der Waals surface area (Å²) in [5, 5.41) is 5.04. The number of hydrogen-bond donors (Lipinski definition) is 1. The number of amides is 1. The van der Waals surface area contributed by atoms with Crippen molar-refractivity contribution in [2.24, 2.45) is 22.4 Å². The molecule has 1 N–H and O–H groups in total. The molecule has 3 unspecified atom stereocenters. The minimum atomic E-state index is 0.0203. The lowest BCUT2D eigenvalue weighted by atomic mass is 9.90. The van der Waals surface area contributed by atoms with Gasteiger partial charge in [0.15, 0.2) is 0 Å². The summed E-state index contributed by atoms with van der Waals surface area (Å²) in [5.41, 5.74) is 3.69. The highest BCUT2D eigenvalue weighted by Gasteiger charge is 2.64. The maximum atomic E-state index is 12.4. The third kappa shape index (κ3) is 3.17. The average molecular weight is 391 g/mol. The summed E-state index contributed by atoms with van der Waals surface area (Å²) in [4.78, 5) is 12.4. The molecule has 2 fully saturated rings. The molecule has 4 nitrogen and oxygen atoms in total. The predicted octanol–water partition coefficient (Wildman–Crippen LogP) is 5.53. The minimum Gasteiger partial charge on any atom is -0.455 e. The number of nitrogens with one attached hydrogen (secondary N) is 1. The third-order valence-electron chi connectivity index (χ3n) is 5.81. The molecule has 6 heteroatoms. The summed E-state index contributed by atoms with van der Waals surface area (Å²) in [7, 11) is 0. The SMILES string of the molecule is CC12CCCCC1C2C(=O)N/N=C/c1ccc(-c2ccc(Cl)c(Cl)c2)o1. The van der Waals surface area contributed by atoms with Gasteiger partial charge in [-0.25, -0.2) is 5.43 Å². The molecule has 4 rings (SSSR count). The highest BCUT2D eigenvalue weighted by Crippen LogP contribution is 2.66. The fourth-order valence-electron chi connectivity index (χ4n) is 4.31. The van der Waals surface area contributed by atoms with E-state index in [1.165, 1.54) is 19.1 Å². The first-order chi connectivity index (χ1) is 12.5. The van der Waals surface area contributed by atoms with E-state index < -0.39 is 0 Å². The molecule has 26 heavy (non-hydrogen) atoms. The molecule has 1 aromatic carbocycles. The molecule has 0 spiro atoms. The Balaban J connectivity index is 1.38. The molecular weight excluding hydrogens is 371 g/mol. The van der Waals surface area contributed by atoms with Gasteiger partial charge < -0.3 is 4.42 Å². The smallest absolute Gasteiger partial charge is 0.244 e. The normalized spacial score (nSPS) is 27.3. The fourth-order valence-corrected chi connectivity index (χ4v) is 4.60. The van der Waals surface area contributed by atoms with Crippen LogP contribution in [0.1, 0.15) is 38.4 Å². The van der Waals surface area contributed by atoms with Gasteiger partial charge in [0.2, 0.25) is 5.91 Å². The fraction of sp³-hybridized carbons (Fsp3) is 0.400. The first-order valence-corrected chi connectivity index (χ1v) is 9.63. The second kappa shape index (κ2) is 6.75. The molecule has 2 aliphatic carbocycles. The maximum absolute atomic E-state index is 12.4. The zero-order valence-electron chi connectivity index (χ0n) is 14.5. The van der Waals surface area contributed by atoms with Crippen LogP contribution in [0, 0.1) is 17.3 Å². The van der Waals surface area contributed by atoms with Crippen LogP contribution >= 0.6 is 23.2 Å². The highest BCUT2D eigenvalue weighted by molar-refractivity contribution is 6.42. The quantitative estimate of drug-likeness (QED) is 0.550. The average Bonchev–Trinajstić information content (AvgIpc) is 2.98. The number of fused-ring (bicyclic) bond motifs is 1. The summed E-state index contributed by atoms with van der Waals surface area (Å²) in [6.45, 7) is 2.22.